The van der Waals surface area contributed by atoms with E-state index in [2.05, 4.69) is 15.6 Å². The van der Waals surface area contributed by atoms with E-state index in [9.17, 15) is 4.79 Å². The Hall–Kier alpha value is -3.54. The number of carbonyl (C=O) groups is 1. The van der Waals surface area contributed by atoms with Gasteiger partial charge in [0.2, 0.25) is 5.91 Å². The summed E-state index contributed by atoms with van der Waals surface area (Å²) in [7, 11) is 3.19. The molecule has 6 nitrogen and oxygen atoms in total. The van der Waals surface area contributed by atoms with Gasteiger partial charge in [-0.25, -0.2) is 4.98 Å². The quantitative estimate of drug-likeness (QED) is 0.608. The van der Waals surface area contributed by atoms with Crippen LogP contribution in [0.25, 0.3) is 0 Å². The Kier molecular flexibility index (Phi) is 6.46. The second kappa shape index (κ2) is 9.41. The fraction of sp³-hybridized carbons (Fsp3) is 0.182. The number of nitrogens with zero attached hydrogens (tertiary/aromatic N) is 1. The fourth-order valence-corrected chi connectivity index (χ4v) is 2.73. The van der Waals surface area contributed by atoms with Crippen LogP contribution in [0.5, 0.6) is 11.5 Å². The molecule has 6 heteroatoms. The second-order valence-corrected chi connectivity index (χ2v) is 6.16. The number of benzene rings is 2. The van der Waals surface area contributed by atoms with Gasteiger partial charge in [-0.05, 0) is 48.4 Å². The Morgan fingerprint density at radius 2 is 1.71 bits per heavy atom. The number of anilines is 3. The van der Waals surface area contributed by atoms with Gasteiger partial charge >= 0.3 is 0 Å². The molecule has 0 spiro atoms. The molecule has 0 saturated carbocycles. The molecule has 1 amide bonds. The van der Waals surface area contributed by atoms with Crippen molar-refractivity contribution in [2.24, 2.45) is 0 Å². The largest absolute Gasteiger partial charge is 0.493 e. The molecule has 28 heavy (non-hydrogen) atoms. The number of pyridine rings is 1. The van der Waals surface area contributed by atoms with Gasteiger partial charge in [0.1, 0.15) is 5.82 Å². The van der Waals surface area contributed by atoms with E-state index in [0.717, 1.165) is 16.9 Å². The molecule has 144 valence electrons. The van der Waals surface area contributed by atoms with Crippen LogP contribution in [-0.4, -0.2) is 25.1 Å². The van der Waals surface area contributed by atoms with Crippen LogP contribution in [0.4, 0.5) is 17.2 Å². The SMILES string of the molecule is COc1ccc(CCC(=O)Nc2ccc(Nc3ccccc3)cn2)cc1OC. The molecule has 2 N–H and O–H groups in total. The topological polar surface area (TPSA) is 72.5 Å². The number of hydrogen-bond acceptors (Lipinski definition) is 5. The number of methoxy groups -OCH3 is 2. The minimum absolute atomic E-state index is 0.0916. The van der Waals surface area contributed by atoms with Crippen LogP contribution in [0.1, 0.15) is 12.0 Å². The van der Waals surface area contributed by atoms with Gasteiger partial charge in [-0.2, -0.15) is 0 Å². The first-order chi connectivity index (χ1) is 13.7. The van der Waals surface area contributed by atoms with Crippen LogP contribution >= 0.6 is 0 Å². The van der Waals surface area contributed by atoms with E-state index in [4.69, 9.17) is 9.47 Å². The molecule has 2 aromatic carbocycles. The van der Waals surface area contributed by atoms with Crippen molar-refractivity contribution in [3.05, 3.63) is 72.4 Å². The number of nitrogens with one attached hydrogen (secondary N) is 2. The average Bonchev–Trinajstić information content (AvgIpc) is 2.74. The number of carbonyl (C=O) groups excluding carboxylic acids is 1. The zero-order valence-electron chi connectivity index (χ0n) is 15.9. The minimum Gasteiger partial charge on any atom is -0.493 e. The van der Waals surface area contributed by atoms with Crippen LogP contribution in [-0.2, 0) is 11.2 Å². The summed E-state index contributed by atoms with van der Waals surface area (Å²) in [4.78, 5) is 16.5. The molecule has 0 aliphatic carbocycles. The Balaban J connectivity index is 1.52. The standard InChI is InChI=1S/C22H23N3O3/c1-27-19-11-8-16(14-20(19)28-2)9-13-22(26)25-21-12-10-18(15-23-21)24-17-6-4-3-5-7-17/h3-8,10-12,14-15,24H,9,13H2,1-2H3,(H,23,25,26). The average molecular weight is 377 g/mol. The van der Waals surface area contributed by atoms with Crippen LogP contribution in [0, 0.1) is 0 Å². The predicted molar refractivity (Wildman–Crippen MR) is 110 cm³/mol. The van der Waals surface area contributed by atoms with Crippen molar-refractivity contribution >= 4 is 23.1 Å². The Bertz CT molecular complexity index is 912. The third-order valence-electron chi connectivity index (χ3n) is 4.18. The van der Waals surface area contributed by atoms with E-state index in [0.29, 0.717) is 30.2 Å². The maximum absolute atomic E-state index is 12.2. The molecule has 0 fully saturated rings. The van der Waals surface area contributed by atoms with Crippen molar-refractivity contribution in [3.63, 3.8) is 0 Å². The van der Waals surface area contributed by atoms with Crippen molar-refractivity contribution in [2.45, 2.75) is 12.8 Å². The predicted octanol–water partition coefficient (Wildman–Crippen LogP) is 4.41. The van der Waals surface area contributed by atoms with E-state index >= 15 is 0 Å². The van der Waals surface area contributed by atoms with Gasteiger partial charge in [0.25, 0.3) is 0 Å². The molecule has 3 aromatic rings. The zero-order valence-corrected chi connectivity index (χ0v) is 15.9. The third-order valence-corrected chi connectivity index (χ3v) is 4.18. The molecule has 3 rings (SSSR count). The van der Waals surface area contributed by atoms with Crippen molar-refractivity contribution in [1.29, 1.82) is 0 Å². The molecule has 0 radical (unpaired) electrons. The number of amides is 1. The minimum atomic E-state index is -0.0916. The monoisotopic (exact) mass is 377 g/mol. The highest BCUT2D eigenvalue weighted by atomic mass is 16.5. The number of rotatable bonds is 8. The fourth-order valence-electron chi connectivity index (χ4n) is 2.73. The lowest BCUT2D eigenvalue weighted by molar-refractivity contribution is -0.116. The highest BCUT2D eigenvalue weighted by molar-refractivity contribution is 5.90. The van der Waals surface area contributed by atoms with Gasteiger partial charge < -0.3 is 20.1 Å². The lowest BCUT2D eigenvalue weighted by Crippen LogP contribution is -2.13. The molecule has 0 bridgehead atoms. The zero-order chi connectivity index (χ0) is 19.8. The van der Waals surface area contributed by atoms with Gasteiger partial charge in [-0.15, -0.1) is 0 Å². The van der Waals surface area contributed by atoms with Crippen LogP contribution in [0.2, 0.25) is 0 Å². The van der Waals surface area contributed by atoms with E-state index in [1.54, 1.807) is 26.5 Å². The molecule has 0 unspecified atom stereocenters. The molecule has 0 aliphatic heterocycles. The van der Waals surface area contributed by atoms with E-state index in [1.165, 1.54) is 0 Å². The van der Waals surface area contributed by atoms with Gasteiger partial charge in [-0.1, -0.05) is 24.3 Å². The van der Waals surface area contributed by atoms with Gasteiger partial charge in [-0.3, -0.25) is 4.79 Å². The third kappa shape index (κ3) is 5.23. The first kappa shape index (κ1) is 19.2. The summed E-state index contributed by atoms with van der Waals surface area (Å²) in [6.45, 7) is 0. The van der Waals surface area contributed by atoms with Crippen LogP contribution in [0.3, 0.4) is 0 Å². The molecule has 0 saturated heterocycles. The van der Waals surface area contributed by atoms with Crippen LogP contribution < -0.4 is 20.1 Å². The number of aryl methyl sites for hydroxylation is 1. The maximum Gasteiger partial charge on any atom is 0.225 e. The maximum atomic E-state index is 12.2. The number of para-hydroxylation sites is 1. The van der Waals surface area contributed by atoms with Crippen molar-refractivity contribution in [1.82, 2.24) is 4.98 Å². The number of ether oxygens (including phenoxy) is 2. The molecule has 0 atom stereocenters. The molecular formula is C22H23N3O3. The van der Waals surface area contributed by atoms with Crippen molar-refractivity contribution < 1.29 is 14.3 Å². The molecular weight excluding hydrogens is 354 g/mol. The molecule has 1 aromatic heterocycles. The summed E-state index contributed by atoms with van der Waals surface area (Å²) in [5, 5.41) is 6.07. The van der Waals surface area contributed by atoms with Gasteiger partial charge in [0.15, 0.2) is 11.5 Å². The number of aromatic nitrogens is 1. The highest BCUT2D eigenvalue weighted by Gasteiger charge is 2.08. The summed E-state index contributed by atoms with van der Waals surface area (Å²) < 4.78 is 10.5. The normalized spacial score (nSPS) is 10.2. The van der Waals surface area contributed by atoms with Crippen molar-refractivity contribution in [2.75, 3.05) is 24.9 Å². The van der Waals surface area contributed by atoms with Gasteiger partial charge in [0, 0.05) is 12.1 Å². The smallest absolute Gasteiger partial charge is 0.225 e. The van der Waals surface area contributed by atoms with E-state index in [-0.39, 0.29) is 5.91 Å². The summed E-state index contributed by atoms with van der Waals surface area (Å²) in [5.41, 5.74) is 2.84. The van der Waals surface area contributed by atoms with Gasteiger partial charge in [0.05, 0.1) is 26.1 Å². The lowest BCUT2D eigenvalue weighted by atomic mass is 10.1. The molecule has 1 heterocycles. The highest BCUT2D eigenvalue weighted by Crippen LogP contribution is 2.28. The summed E-state index contributed by atoms with van der Waals surface area (Å²) in [6.07, 6.45) is 2.64. The summed E-state index contributed by atoms with van der Waals surface area (Å²) >= 11 is 0. The lowest BCUT2D eigenvalue weighted by Gasteiger charge is -2.10. The van der Waals surface area contributed by atoms with Crippen molar-refractivity contribution in [3.8, 4) is 11.5 Å². The summed E-state index contributed by atoms with van der Waals surface area (Å²) in [6, 6.07) is 19.1. The second-order valence-electron chi connectivity index (χ2n) is 6.16. The first-order valence-electron chi connectivity index (χ1n) is 8.97. The first-order valence-corrected chi connectivity index (χ1v) is 8.97. The van der Waals surface area contributed by atoms with E-state index < -0.39 is 0 Å². The Morgan fingerprint density at radius 1 is 0.929 bits per heavy atom. The Morgan fingerprint density at radius 3 is 2.39 bits per heavy atom. The summed E-state index contributed by atoms with van der Waals surface area (Å²) in [5.74, 6) is 1.76. The molecule has 0 aliphatic rings. The Labute approximate surface area is 164 Å². The number of hydrogen-bond donors (Lipinski definition) is 2. The van der Waals surface area contributed by atoms with Crippen LogP contribution in [0.15, 0.2) is 66.9 Å². The van der Waals surface area contributed by atoms with E-state index in [1.807, 2.05) is 54.6 Å².